The van der Waals surface area contributed by atoms with Gasteiger partial charge in [0.05, 0.1) is 62.4 Å². The Labute approximate surface area is 294 Å². The summed E-state index contributed by atoms with van der Waals surface area (Å²) in [5.41, 5.74) is -0.384. The fraction of sp³-hybridized carbons (Fsp3) is 0.975. The molecule has 1 N–H and O–H groups in total. The fourth-order valence-electron chi connectivity index (χ4n) is 14.6. The molecular weight excluding hydrogens is 622 g/mol. The molecule has 2 spiro atoms. The first-order valence-corrected chi connectivity index (χ1v) is 19.7. The van der Waals surface area contributed by atoms with E-state index in [4.69, 9.17) is 28.4 Å². The first kappa shape index (κ1) is 35.2. The molecule has 3 aliphatic heterocycles. The Kier molecular flexibility index (Phi) is 8.34. The maximum Gasteiger partial charge on any atom is 0.303 e. The quantitative estimate of drug-likeness (QED) is 0.344. The summed E-state index contributed by atoms with van der Waals surface area (Å²) >= 11 is 0. The first-order valence-electron chi connectivity index (χ1n) is 19.7. The molecule has 3 heterocycles. The summed E-state index contributed by atoms with van der Waals surface area (Å²) in [7, 11) is 1.89. The second-order valence-electron chi connectivity index (χ2n) is 19.6. The van der Waals surface area contributed by atoms with Gasteiger partial charge in [0.2, 0.25) is 0 Å². The zero-order valence-corrected chi connectivity index (χ0v) is 31.8. The molecule has 3 saturated heterocycles. The third-order valence-electron chi connectivity index (χ3n) is 16.8. The Balaban J connectivity index is 1.04. The largest absolute Gasteiger partial charge is 0.457 e. The molecule has 0 amide bonds. The highest BCUT2D eigenvalue weighted by atomic mass is 16.7. The Morgan fingerprint density at radius 1 is 1.02 bits per heavy atom. The Hall–Kier alpha value is -0.810. The van der Waals surface area contributed by atoms with E-state index in [0.717, 1.165) is 45.8 Å². The van der Waals surface area contributed by atoms with Crippen molar-refractivity contribution in [2.45, 2.75) is 155 Å². The van der Waals surface area contributed by atoms with Gasteiger partial charge in [0, 0.05) is 26.0 Å². The first-order chi connectivity index (χ1) is 23.0. The number of esters is 1. The zero-order valence-electron chi connectivity index (χ0n) is 31.8. The van der Waals surface area contributed by atoms with Crippen LogP contribution in [0, 0.1) is 50.7 Å². The Morgan fingerprint density at radius 2 is 1.73 bits per heavy atom. The maximum atomic E-state index is 12.2. The number of morpholine rings is 1. The highest BCUT2D eigenvalue weighted by molar-refractivity contribution is 5.66. The minimum Gasteiger partial charge on any atom is -0.457 e. The van der Waals surface area contributed by atoms with Gasteiger partial charge in [-0.25, -0.2) is 0 Å². The summed E-state index contributed by atoms with van der Waals surface area (Å²) in [5.74, 6) is 1.54. The van der Waals surface area contributed by atoms with Crippen LogP contribution in [0.4, 0.5) is 0 Å². The number of aliphatic hydroxyl groups is 1. The molecular formula is C40H65NO8. The monoisotopic (exact) mass is 687 g/mol. The summed E-state index contributed by atoms with van der Waals surface area (Å²) in [5, 5.41) is 11.1. The third-order valence-corrected chi connectivity index (χ3v) is 16.8. The predicted octanol–water partition coefficient (Wildman–Crippen LogP) is 5.60. The molecule has 14 atom stereocenters. The standard InChI is InChI=1S/C40H65NO8/c1-23-18-26(33(36(5,6)43)47-24(2)42)48-32-31(23)37(7)14-15-40-22-39(40)13-12-29(49-30-19-41(16-17-46-30)25-20-45-21-25)35(3,4)27(39)10-11-28(40)38(37,8)34(32)44-9/h23,25-34,43H,10-22H2,1-9H3/t23-,26?,27+,28?,29+,30+,31+,32?,33+,34+,37-,38-,39-,40+/m1/s1. The highest BCUT2D eigenvalue weighted by Gasteiger charge is 2.85. The van der Waals surface area contributed by atoms with Gasteiger partial charge in [-0.2, -0.15) is 0 Å². The summed E-state index contributed by atoms with van der Waals surface area (Å²) in [6.45, 7) is 21.6. The zero-order chi connectivity index (χ0) is 34.9. The molecule has 0 aromatic rings. The molecule has 0 bridgehead atoms. The number of carbonyl (C=O) groups is 1. The molecule has 49 heavy (non-hydrogen) atoms. The number of methoxy groups -OCH3 is 1. The number of nitrogens with zero attached hydrogens (tertiary/aromatic N) is 1. The SMILES string of the molecule is CO[C@H]1C2OC([C@H](OC(C)=O)C(C)(C)O)C[C@@H](C)[C@@H]2[C@@]2(C)CC[C@@]34C[C@@]35CC[C@H](O[C@H]3CN(C6COC6)CCO3)C(C)(C)[C@@H]5CCC4[C@]12C. The lowest BCUT2D eigenvalue weighted by Crippen LogP contribution is -2.61. The van der Waals surface area contributed by atoms with Crippen LogP contribution in [-0.2, 0) is 33.2 Å². The van der Waals surface area contributed by atoms with Crippen molar-refractivity contribution in [3.63, 3.8) is 0 Å². The lowest BCUT2D eigenvalue weighted by molar-refractivity contribution is -0.256. The number of hydrogen-bond acceptors (Lipinski definition) is 9. The smallest absolute Gasteiger partial charge is 0.303 e. The normalized spacial score (nSPS) is 51.3. The van der Waals surface area contributed by atoms with Crippen LogP contribution in [0.1, 0.15) is 107 Å². The topological polar surface area (TPSA) is 95.9 Å². The minimum absolute atomic E-state index is 0.0409. The maximum absolute atomic E-state index is 12.2. The molecule has 8 fully saturated rings. The van der Waals surface area contributed by atoms with Crippen molar-refractivity contribution in [2.75, 3.05) is 40.0 Å². The molecule has 3 unspecified atom stereocenters. The van der Waals surface area contributed by atoms with Crippen LogP contribution in [0.2, 0.25) is 0 Å². The van der Waals surface area contributed by atoms with Crippen LogP contribution in [0.15, 0.2) is 0 Å². The average molecular weight is 688 g/mol. The minimum atomic E-state index is -1.21. The number of rotatable bonds is 7. The summed E-state index contributed by atoms with van der Waals surface area (Å²) in [6.07, 6.45) is 8.21. The van der Waals surface area contributed by atoms with E-state index in [9.17, 15) is 9.90 Å². The van der Waals surface area contributed by atoms with Gasteiger partial charge in [0.1, 0.15) is 0 Å². The van der Waals surface area contributed by atoms with E-state index in [1.165, 1.54) is 45.4 Å². The molecule has 5 saturated carbocycles. The van der Waals surface area contributed by atoms with Crippen LogP contribution >= 0.6 is 0 Å². The second kappa shape index (κ2) is 11.6. The van der Waals surface area contributed by atoms with Gasteiger partial charge in [-0.15, -0.1) is 0 Å². The number of carbonyl (C=O) groups excluding carboxylic acids is 1. The number of fused-ring (bicyclic) bond motifs is 4. The second-order valence-corrected chi connectivity index (χ2v) is 19.6. The third kappa shape index (κ3) is 4.83. The van der Waals surface area contributed by atoms with Gasteiger partial charge in [-0.05, 0) is 111 Å². The van der Waals surface area contributed by atoms with Crippen LogP contribution in [-0.4, -0.2) is 104 Å². The number of hydrogen-bond donors (Lipinski definition) is 1. The Morgan fingerprint density at radius 3 is 2.39 bits per heavy atom. The van der Waals surface area contributed by atoms with Crippen molar-refractivity contribution in [3.8, 4) is 0 Å². The number of ether oxygens (including phenoxy) is 6. The van der Waals surface area contributed by atoms with Gasteiger partial charge in [-0.3, -0.25) is 9.69 Å². The molecule has 9 heteroatoms. The van der Waals surface area contributed by atoms with Crippen molar-refractivity contribution < 1.29 is 38.3 Å². The summed E-state index contributed by atoms with van der Waals surface area (Å²) < 4.78 is 38.2. The van der Waals surface area contributed by atoms with E-state index in [0.29, 0.717) is 40.5 Å². The van der Waals surface area contributed by atoms with Crippen molar-refractivity contribution >= 4 is 5.97 Å². The van der Waals surface area contributed by atoms with Crippen LogP contribution < -0.4 is 0 Å². The highest BCUT2D eigenvalue weighted by Crippen LogP contribution is 2.89. The lowest BCUT2D eigenvalue weighted by atomic mass is 9.41. The van der Waals surface area contributed by atoms with E-state index in [1.54, 1.807) is 13.8 Å². The van der Waals surface area contributed by atoms with Crippen molar-refractivity contribution in [1.82, 2.24) is 4.90 Å². The molecule has 0 aromatic carbocycles. The fourth-order valence-corrected chi connectivity index (χ4v) is 14.6. The van der Waals surface area contributed by atoms with Crippen LogP contribution in [0.5, 0.6) is 0 Å². The van der Waals surface area contributed by atoms with E-state index in [-0.39, 0.29) is 52.9 Å². The van der Waals surface area contributed by atoms with Gasteiger partial charge < -0.3 is 33.5 Å². The molecule has 9 nitrogen and oxygen atoms in total. The van der Waals surface area contributed by atoms with Crippen molar-refractivity contribution in [1.29, 1.82) is 0 Å². The van der Waals surface area contributed by atoms with E-state index >= 15 is 0 Å². The van der Waals surface area contributed by atoms with E-state index < -0.39 is 11.7 Å². The summed E-state index contributed by atoms with van der Waals surface area (Å²) in [6, 6.07) is 0.518. The van der Waals surface area contributed by atoms with Gasteiger partial charge in [-0.1, -0.05) is 34.6 Å². The van der Waals surface area contributed by atoms with Crippen molar-refractivity contribution in [3.05, 3.63) is 0 Å². The summed E-state index contributed by atoms with van der Waals surface area (Å²) in [4.78, 5) is 14.7. The molecule has 8 aliphatic rings. The molecule has 5 aliphatic carbocycles. The van der Waals surface area contributed by atoms with Crippen molar-refractivity contribution in [2.24, 2.45) is 50.7 Å². The van der Waals surface area contributed by atoms with Crippen LogP contribution in [0.25, 0.3) is 0 Å². The van der Waals surface area contributed by atoms with E-state index in [2.05, 4.69) is 39.5 Å². The molecule has 8 rings (SSSR count). The molecule has 0 radical (unpaired) electrons. The van der Waals surface area contributed by atoms with Gasteiger partial charge in [0.15, 0.2) is 12.4 Å². The van der Waals surface area contributed by atoms with E-state index in [1.807, 2.05) is 7.11 Å². The van der Waals surface area contributed by atoms with Crippen LogP contribution in [0.3, 0.4) is 0 Å². The predicted molar refractivity (Wildman–Crippen MR) is 184 cm³/mol. The van der Waals surface area contributed by atoms with Gasteiger partial charge >= 0.3 is 5.97 Å². The molecule has 278 valence electrons. The molecule has 0 aromatic heterocycles. The average Bonchev–Trinajstić information content (AvgIpc) is 3.61. The van der Waals surface area contributed by atoms with Gasteiger partial charge in [0.25, 0.3) is 0 Å². The lowest BCUT2D eigenvalue weighted by Gasteiger charge is -2.64. The Bertz CT molecular complexity index is 1300.